The third-order valence-electron chi connectivity index (χ3n) is 5.13. The maximum Gasteiger partial charge on any atom is 0.243 e. The van der Waals surface area contributed by atoms with Crippen LogP contribution in [-0.2, 0) is 16.6 Å². The minimum atomic E-state index is -3.54. The number of hydrogen-bond donors (Lipinski definition) is 2. The number of likely N-dealkylation sites (N-methyl/N-ethyl adjacent to an activating group) is 1. The summed E-state index contributed by atoms with van der Waals surface area (Å²) in [5.74, 6) is 1.40. The first-order chi connectivity index (χ1) is 15.0. The van der Waals surface area contributed by atoms with Crippen molar-refractivity contribution < 1.29 is 13.2 Å². The van der Waals surface area contributed by atoms with Gasteiger partial charge in [-0.15, -0.1) is 24.0 Å². The van der Waals surface area contributed by atoms with Crippen LogP contribution in [0.4, 0.5) is 0 Å². The Balaban J connectivity index is 0.00000363. The zero-order chi connectivity index (χ0) is 22.1. The first-order valence-electron chi connectivity index (χ1n) is 10.4. The Morgan fingerprint density at radius 3 is 2.34 bits per heavy atom. The molecular weight excluding hydrogens is 541 g/mol. The molecule has 0 radical (unpaired) electrons. The van der Waals surface area contributed by atoms with Gasteiger partial charge in [0.25, 0.3) is 0 Å². The molecule has 0 saturated carbocycles. The Bertz CT molecular complexity index is 965. The number of aliphatic imine (C=N–C) groups is 1. The standard InChI is InChI=1S/C22H31N5O3S.HI/c1-23-22(24-12-17-30-20-9-4-3-5-10-20)25-18-19-8-6-7-11-21(19)31(28,29)27-15-13-26(2)14-16-27;/h3-11H,12-18H2,1-2H3,(H2,23,24,25);1H. The number of ether oxygens (including phenoxy) is 1. The van der Waals surface area contributed by atoms with E-state index in [0.29, 0.717) is 49.2 Å². The van der Waals surface area contributed by atoms with Gasteiger partial charge in [-0.1, -0.05) is 36.4 Å². The molecule has 0 bridgehead atoms. The Morgan fingerprint density at radius 2 is 1.66 bits per heavy atom. The summed E-state index contributed by atoms with van der Waals surface area (Å²) < 4.78 is 33.6. The number of guanidine groups is 1. The summed E-state index contributed by atoms with van der Waals surface area (Å²) in [6.07, 6.45) is 0. The van der Waals surface area contributed by atoms with E-state index < -0.39 is 10.0 Å². The summed E-state index contributed by atoms with van der Waals surface area (Å²) in [7, 11) is 0.150. The normalized spacial score (nSPS) is 15.6. The lowest BCUT2D eigenvalue weighted by Crippen LogP contribution is -2.47. The van der Waals surface area contributed by atoms with E-state index in [0.717, 1.165) is 18.8 Å². The third-order valence-corrected chi connectivity index (χ3v) is 7.13. The maximum absolute atomic E-state index is 13.2. The van der Waals surface area contributed by atoms with E-state index in [1.54, 1.807) is 23.5 Å². The Labute approximate surface area is 208 Å². The van der Waals surface area contributed by atoms with E-state index in [4.69, 9.17) is 4.74 Å². The number of sulfonamides is 1. The largest absolute Gasteiger partial charge is 0.492 e. The monoisotopic (exact) mass is 573 g/mol. The Morgan fingerprint density at radius 1 is 1.00 bits per heavy atom. The van der Waals surface area contributed by atoms with Crippen molar-refractivity contribution in [2.75, 3.05) is 53.4 Å². The fraction of sp³-hybridized carbons (Fsp3) is 0.409. The van der Waals surface area contributed by atoms with Crippen LogP contribution in [0.5, 0.6) is 5.75 Å². The molecule has 10 heteroatoms. The summed E-state index contributed by atoms with van der Waals surface area (Å²) in [5.41, 5.74) is 0.713. The highest BCUT2D eigenvalue weighted by Gasteiger charge is 2.29. The van der Waals surface area contributed by atoms with E-state index in [1.807, 2.05) is 49.5 Å². The van der Waals surface area contributed by atoms with E-state index in [9.17, 15) is 8.42 Å². The minimum absolute atomic E-state index is 0. The molecule has 1 saturated heterocycles. The molecule has 1 aliphatic heterocycles. The lowest BCUT2D eigenvalue weighted by Gasteiger charge is -2.32. The van der Waals surface area contributed by atoms with Gasteiger partial charge in [-0.3, -0.25) is 4.99 Å². The molecule has 0 spiro atoms. The van der Waals surface area contributed by atoms with Crippen molar-refractivity contribution in [2.24, 2.45) is 4.99 Å². The van der Waals surface area contributed by atoms with Crippen LogP contribution in [0.2, 0.25) is 0 Å². The van der Waals surface area contributed by atoms with Gasteiger partial charge >= 0.3 is 0 Å². The van der Waals surface area contributed by atoms with Crippen LogP contribution < -0.4 is 15.4 Å². The average molecular weight is 574 g/mol. The van der Waals surface area contributed by atoms with Gasteiger partial charge in [-0.05, 0) is 30.8 Å². The molecule has 0 atom stereocenters. The Kier molecular flexibility index (Phi) is 10.7. The van der Waals surface area contributed by atoms with Gasteiger partial charge in [0, 0.05) is 39.8 Å². The number of nitrogens with one attached hydrogen (secondary N) is 2. The quantitative estimate of drug-likeness (QED) is 0.218. The van der Waals surface area contributed by atoms with Crippen molar-refractivity contribution in [3.8, 4) is 5.75 Å². The minimum Gasteiger partial charge on any atom is -0.492 e. The molecule has 0 amide bonds. The smallest absolute Gasteiger partial charge is 0.243 e. The van der Waals surface area contributed by atoms with Crippen LogP contribution in [0.1, 0.15) is 5.56 Å². The first kappa shape index (κ1) is 26.4. The highest BCUT2D eigenvalue weighted by Crippen LogP contribution is 2.21. The summed E-state index contributed by atoms with van der Waals surface area (Å²) in [5, 5.41) is 6.38. The number of piperazine rings is 1. The summed E-state index contributed by atoms with van der Waals surface area (Å²) in [6.45, 7) is 3.89. The molecule has 32 heavy (non-hydrogen) atoms. The number of benzene rings is 2. The topological polar surface area (TPSA) is 86.3 Å². The van der Waals surface area contributed by atoms with E-state index in [-0.39, 0.29) is 24.0 Å². The van der Waals surface area contributed by atoms with Crippen molar-refractivity contribution in [3.05, 3.63) is 60.2 Å². The van der Waals surface area contributed by atoms with Crippen molar-refractivity contribution >= 4 is 40.0 Å². The molecule has 2 aromatic rings. The first-order valence-corrected chi connectivity index (χ1v) is 11.8. The highest BCUT2D eigenvalue weighted by molar-refractivity contribution is 14.0. The molecule has 2 N–H and O–H groups in total. The van der Waals surface area contributed by atoms with Crippen molar-refractivity contribution in [3.63, 3.8) is 0 Å². The molecule has 0 aliphatic carbocycles. The molecule has 176 valence electrons. The fourth-order valence-corrected chi connectivity index (χ4v) is 4.97. The average Bonchev–Trinajstić information content (AvgIpc) is 2.80. The zero-order valence-corrected chi connectivity index (χ0v) is 21.7. The second kappa shape index (κ2) is 13.0. The van der Waals surface area contributed by atoms with Crippen LogP contribution in [-0.4, -0.2) is 77.0 Å². The molecule has 8 nitrogen and oxygen atoms in total. The van der Waals surface area contributed by atoms with Crippen LogP contribution in [0.15, 0.2) is 64.5 Å². The highest BCUT2D eigenvalue weighted by atomic mass is 127. The predicted octanol–water partition coefficient (Wildman–Crippen LogP) is 1.98. The number of nitrogens with zero attached hydrogens (tertiary/aromatic N) is 3. The molecule has 1 aliphatic rings. The van der Waals surface area contributed by atoms with Crippen LogP contribution in [0.25, 0.3) is 0 Å². The third kappa shape index (κ3) is 7.32. The van der Waals surface area contributed by atoms with E-state index >= 15 is 0 Å². The van der Waals surface area contributed by atoms with Crippen LogP contribution in [0, 0.1) is 0 Å². The molecule has 3 rings (SSSR count). The van der Waals surface area contributed by atoms with Gasteiger partial charge in [0.1, 0.15) is 12.4 Å². The number of rotatable bonds is 8. The second-order valence-corrected chi connectivity index (χ2v) is 9.24. The Hall–Kier alpha value is -1.89. The van der Waals surface area contributed by atoms with Gasteiger partial charge in [-0.2, -0.15) is 4.31 Å². The van der Waals surface area contributed by atoms with Crippen LogP contribution >= 0.6 is 24.0 Å². The molecule has 0 unspecified atom stereocenters. The van der Waals surface area contributed by atoms with Gasteiger partial charge in [-0.25, -0.2) is 8.42 Å². The number of para-hydroxylation sites is 1. The van der Waals surface area contributed by atoms with Crippen LogP contribution in [0.3, 0.4) is 0 Å². The molecule has 0 aromatic heterocycles. The summed E-state index contributed by atoms with van der Waals surface area (Å²) in [6, 6.07) is 16.7. The van der Waals surface area contributed by atoms with Gasteiger partial charge in [0.2, 0.25) is 10.0 Å². The lowest BCUT2D eigenvalue weighted by molar-refractivity contribution is 0.222. The van der Waals surface area contributed by atoms with Crippen molar-refractivity contribution in [1.29, 1.82) is 0 Å². The maximum atomic E-state index is 13.2. The summed E-state index contributed by atoms with van der Waals surface area (Å²) in [4.78, 5) is 6.69. The summed E-state index contributed by atoms with van der Waals surface area (Å²) >= 11 is 0. The fourth-order valence-electron chi connectivity index (χ4n) is 3.32. The van der Waals surface area contributed by atoms with Crippen molar-refractivity contribution in [1.82, 2.24) is 19.8 Å². The lowest BCUT2D eigenvalue weighted by atomic mass is 10.2. The predicted molar refractivity (Wildman–Crippen MR) is 138 cm³/mol. The zero-order valence-electron chi connectivity index (χ0n) is 18.5. The number of hydrogen-bond acceptors (Lipinski definition) is 5. The molecule has 1 heterocycles. The molecule has 1 fully saturated rings. The number of halogens is 1. The van der Waals surface area contributed by atoms with Gasteiger partial charge in [0.15, 0.2) is 5.96 Å². The second-order valence-electron chi connectivity index (χ2n) is 7.33. The molecule has 2 aromatic carbocycles. The van der Waals surface area contributed by atoms with Crippen molar-refractivity contribution in [2.45, 2.75) is 11.4 Å². The van der Waals surface area contributed by atoms with Gasteiger partial charge < -0.3 is 20.3 Å². The molecular formula is C22H32IN5O3S. The SMILES string of the molecule is CN=C(NCCOc1ccccc1)NCc1ccccc1S(=O)(=O)N1CCN(C)CC1.I. The van der Waals surface area contributed by atoms with E-state index in [2.05, 4.69) is 20.5 Å². The van der Waals surface area contributed by atoms with E-state index in [1.165, 1.54) is 0 Å². The van der Waals surface area contributed by atoms with Gasteiger partial charge in [0.05, 0.1) is 11.4 Å².